The second-order valence-electron chi connectivity index (χ2n) is 6.32. The summed E-state index contributed by atoms with van der Waals surface area (Å²) in [6, 6.07) is 10.0. The highest BCUT2D eigenvalue weighted by Gasteiger charge is 2.38. The van der Waals surface area contributed by atoms with Crippen LogP contribution < -0.4 is 4.74 Å². The van der Waals surface area contributed by atoms with Crippen LogP contribution >= 0.6 is 0 Å². The number of cyclic esters (lactones) is 2. The lowest BCUT2D eigenvalue weighted by Crippen LogP contribution is -2.41. The largest absolute Gasteiger partial charge is 0.483 e. The molecule has 0 unspecified atom stereocenters. The molecule has 2 aromatic rings. The van der Waals surface area contributed by atoms with Gasteiger partial charge in [0.1, 0.15) is 12.2 Å². The summed E-state index contributed by atoms with van der Waals surface area (Å²) in [7, 11) is 0. The van der Waals surface area contributed by atoms with Gasteiger partial charge >= 0.3 is 11.9 Å². The summed E-state index contributed by atoms with van der Waals surface area (Å²) in [4.78, 5) is 23.9. The summed E-state index contributed by atoms with van der Waals surface area (Å²) in [6.45, 7) is 2.88. The van der Waals surface area contributed by atoms with Gasteiger partial charge < -0.3 is 14.2 Å². The molecule has 0 atom stereocenters. The van der Waals surface area contributed by atoms with Crippen LogP contribution in [0.2, 0.25) is 0 Å². The maximum Gasteiger partial charge on any atom is 0.348 e. The van der Waals surface area contributed by atoms with Crippen molar-refractivity contribution in [2.45, 2.75) is 26.2 Å². The van der Waals surface area contributed by atoms with Gasteiger partial charge in [-0.3, -0.25) is 0 Å². The number of carbonyl (C=O) groups excluding carboxylic acids is 2. The predicted octanol–water partition coefficient (Wildman–Crippen LogP) is 3.76. The molecule has 0 radical (unpaired) electrons. The summed E-state index contributed by atoms with van der Waals surface area (Å²) >= 11 is 0. The number of halogens is 2. The Morgan fingerprint density at radius 3 is 2.07 bits per heavy atom. The van der Waals surface area contributed by atoms with Gasteiger partial charge in [-0.2, -0.15) is 0 Å². The highest BCUT2D eigenvalue weighted by Crippen LogP contribution is 2.25. The molecule has 2 aromatic carbocycles. The van der Waals surface area contributed by atoms with E-state index < -0.39 is 35.1 Å². The quantitative estimate of drug-likeness (QED) is 0.463. The molecule has 0 spiro atoms. The van der Waals surface area contributed by atoms with Crippen LogP contribution in [-0.2, 0) is 25.7 Å². The van der Waals surface area contributed by atoms with Gasteiger partial charge in [0.15, 0.2) is 17.4 Å². The molecule has 0 aliphatic carbocycles. The summed E-state index contributed by atoms with van der Waals surface area (Å²) in [5.41, 5.74) is 0.987. The van der Waals surface area contributed by atoms with E-state index in [-0.39, 0.29) is 12.2 Å². The monoisotopic (exact) mass is 374 g/mol. The normalized spacial score (nSPS) is 15.8. The van der Waals surface area contributed by atoms with Crippen LogP contribution in [-0.4, -0.2) is 17.7 Å². The third kappa shape index (κ3) is 4.31. The molecule has 3 rings (SSSR count). The summed E-state index contributed by atoms with van der Waals surface area (Å²) in [5, 5.41) is 0. The number of hydrogen-bond donors (Lipinski definition) is 0. The SMILES string of the molecule is CC1(C)OC(=O)C(=Cc2ccc(COc3c(F)cccc3F)cc2)C(=O)O1. The molecule has 1 saturated heterocycles. The molecule has 27 heavy (non-hydrogen) atoms. The van der Waals surface area contributed by atoms with Crippen LogP contribution in [0, 0.1) is 11.6 Å². The van der Waals surface area contributed by atoms with Gasteiger partial charge in [-0.15, -0.1) is 0 Å². The van der Waals surface area contributed by atoms with Crippen LogP contribution in [0.4, 0.5) is 8.78 Å². The van der Waals surface area contributed by atoms with Crippen LogP contribution in [0.15, 0.2) is 48.0 Å². The fourth-order valence-electron chi connectivity index (χ4n) is 2.43. The first-order valence-corrected chi connectivity index (χ1v) is 8.09. The van der Waals surface area contributed by atoms with E-state index in [4.69, 9.17) is 14.2 Å². The molecule has 0 aromatic heterocycles. The molecule has 1 heterocycles. The lowest BCUT2D eigenvalue weighted by atomic mass is 10.1. The molecule has 0 saturated carbocycles. The van der Waals surface area contributed by atoms with Gasteiger partial charge in [-0.05, 0) is 29.3 Å². The minimum absolute atomic E-state index is 0.0486. The minimum atomic E-state index is -1.30. The summed E-state index contributed by atoms with van der Waals surface area (Å²) in [5.74, 6) is -4.84. The van der Waals surface area contributed by atoms with Crippen molar-refractivity contribution < 1.29 is 32.6 Å². The Balaban J connectivity index is 1.71. The zero-order valence-electron chi connectivity index (χ0n) is 14.6. The highest BCUT2D eigenvalue weighted by molar-refractivity contribution is 6.18. The Kier molecular flexibility index (Phi) is 4.94. The van der Waals surface area contributed by atoms with Gasteiger partial charge in [-0.1, -0.05) is 30.3 Å². The zero-order valence-corrected chi connectivity index (χ0v) is 14.6. The number of rotatable bonds is 4. The van der Waals surface area contributed by atoms with Crippen LogP contribution in [0.3, 0.4) is 0 Å². The summed E-state index contributed by atoms with van der Waals surface area (Å²) < 4.78 is 42.3. The van der Waals surface area contributed by atoms with E-state index in [9.17, 15) is 18.4 Å². The Morgan fingerprint density at radius 2 is 1.52 bits per heavy atom. The first-order chi connectivity index (χ1) is 12.7. The first kappa shape index (κ1) is 18.6. The van der Waals surface area contributed by atoms with E-state index in [0.29, 0.717) is 11.1 Å². The third-order valence-corrected chi connectivity index (χ3v) is 3.71. The Bertz CT molecular complexity index is 874. The molecule has 140 valence electrons. The van der Waals surface area contributed by atoms with E-state index in [0.717, 1.165) is 12.1 Å². The molecular weight excluding hydrogens is 358 g/mol. The van der Waals surface area contributed by atoms with Gasteiger partial charge in [0.25, 0.3) is 5.79 Å². The Labute approximate surface area is 154 Å². The van der Waals surface area contributed by atoms with Crippen LogP contribution in [0.1, 0.15) is 25.0 Å². The van der Waals surface area contributed by atoms with Crippen molar-refractivity contribution in [3.05, 3.63) is 70.8 Å². The molecular formula is C20H16F2O5. The van der Waals surface area contributed by atoms with E-state index in [1.54, 1.807) is 24.3 Å². The van der Waals surface area contributed by atoms with Gasteiger partial charge in [0.05, 0.1) is 0 Å². The first-order valence-electron chi connectivity index (χ1n) is 8.09. The Hall–Kier alpha value is -3.22. The fraction of sp³-hybridized carbons (Fsp3) is 0.200. The average Bonchev–Trinajstić information content (AvgIpc) is 2.58. The van der Waals surface area contributed by atoms with E-state index >= 15 is 0 Å². The number of ether oxygens (including phenoxy) is 3. The number of benzene rings is 2. The molecule has 1 fully saturated rings. The van der Waals surface area contributed by atoms with Crippen LogP contribution in [0.25, 0.3) is 6.08 Å². The van der Waals surface area contributed by atoms with Crippen molar-refractivity contribution in [2.24, 2.45) is 0 Å². The van der Waals surface area contributed by atoms with Crippen molar-refractivity contribution in [3.8, 4) is 5.75 Å². The lowest BCUT2D eigenvalue weighted by molar-refractivity contribution is -0.222. The topological polar surface area (TPSA) is 61.8 Å². The minimum Gasteiger partial charge on any atom is -0.483 e. The molecule has 1 aliphatic rings. The molecule has 0 bridgehead atoms. The van der Waals surface area contributed by atoms with Crippen LogP contribution in [0.5, 0.6) is 5.75 Å². The van der Waals surface area contributed by atoms with Gasteiger partial charge in [-0.25, -0.2) is 18.4 Å². The Morgan fingerprint density at radius 1 is 0.963 bits per heavy atom. The van der Waals surface area contributed by atoms with E-state index in [1.807, 2.05) is 0 Å². The number of carbonyl (C=O) groups is 2. The highest BCUT2D eigenvalue weighted by atomic mass is 19.1. The fourth-order valence-corrected chi connectivity index (χ4v) is 2.43. The maximum absolute atomic E-state index is 13.5. The molecule has 7 heteroatoms. The predicted molar refractivity (Wildman–Crippen MR) is 91.4 cm³/mol. The standard InChI is InChI=1S/C20H16F2O5/c1-20(2)26-18(23)14(19(24)27-20)10-12-6-8-13(9-7-12)11-25-17-15(21)4-3-5-16(17)22/h3-10H,11H2,1-2H3. The number of esters is 2. The number of para-hydroxylation sites is 1. The van der Waals surface area contributed by atoms with Crippen molar-refractivity contribution in [3.63, 3.8) is 0 Å². The van der Waals surface area contributed by atoms with E-state index in [1.165, 1.54) is 26.0 Å². The average molecular weight is 374 g/mol. The maximum atomic E-state index is 13.5. The van der Waals surface area contributed by atoms with Crippen molar-refractivity contribution in [1.82, 2.24) is 0 Å². The molecule has 0 amide bonds. The smallest absolute Gasteiger partial charge is 0.348 e. The second-order valence-corrected chi connectivity index (χ2v) is 6.32. The van der Waals surface area contributed by atoms with Gasteiger partial charge in [0, 0.05) is 13.8 Å². The van der Waals surface area contributed by atoms with Gasteiger partial charge in [0.2, 0.25) is 0 Å². The van der Waals surface area contributed by atoms with Crippen molar-refractivity contribution in [2.75, 3.05) is 0 Å². The lowest BCUT2D eigenvalue weighted by Gasteiger charge is -2.29. The molecule has 0 N–H and O–H groups in total. The summed E-state index contributed by atoms with van der Waals surface area (Å²) in [6.07, 6.45) is 1.35. The van der Waals surface area contributed by atoms with Crippen molar-refractivity contribution >= 4 is 18.0 Å². The van der Waals surface area contributed by atoms with Crippen molar-refractivity contribution in [1.29, 1.82) is 0 Å². The number of hydrogen-bond acceptors (Lipinski definition) is 5. The van der Waals surface area contributed by atoms with E-state index in [2.05, 4.69) is 0 Å². The molecule has 5 nitrogen and oxygen atoms in total. The molecule has 1 aliphatic heterocycles. The zero-order chi connectivity index (χ0) is 19.6. The second kappa shape index (κ2) is 7.19. The third-order valence-electron chi connectivity index (χ3n) is 3.71.